The molecule has 2 rings (SSSR count). The fourth-order valence-corrected chi connectivity index (χ4v) is 2.36. The van der Waals surface area contributed by atoms with Gasteiger partial charge in [-0.2, -0.15) is 0 Å². The lowest BCUT2D eigenvalue weighted by Gasteiger charge is -2.40. The summed E-state index contributed by atoms with van der Waals surface area (Å²) in [6, 6.07) is 1.93. The first-order valence-corrected chi connectivity index (χ1v) is 7.05. The molecule has 1 aliphatic heterocycles. The van der Waals surface area contributed by atoms with Crippen LogP contribution < -0.4 is 10.6 Å². The Bertz CT molecular complexity index is 500. The summed E-state index contributed by atoms with van der Waals surface area (Å²) in [5.74, 6) is 1.65. The lowest BCUT2D eigenvalue weighted by molar-refractivity contribution is -0.135. The molecule has 6 nitrogen and oxygen atoms in total. The fourth-order valence-electron chi connectivity index (χ4n) is 2.36. The lowest BCUT2D eigenvalue weighted by Crippen LogP contribution is -2.61. The number of hydrogen-bond acceptors (Lipinski definition) is 5. The van der Waals surface area contributed by atoms with Crippen molar-refractivity contribution in [3.05, 3.63) is 17.6 Å². The molecular weight excluding hydrogens is 254 g/mol. The van der Waals surface area contributed by atoms with E-state index in [1.807, 2.05) is 33.8 Å². The van der Waals surface area contributed by atoms with E-state index in [0.29, 0.717) is 13.1 Å². The number of piperazine rings is 1. The van der Waals surface area contributed by atoms with Crippen LogP contribution in [0.3, 0.4) is 0 Å². The lowest BCUT2D eigenvalue weighted by atomic mass is 9.99. The van der Waals surface area contributed by atoms with Crippen LogP contribution in [0.25, 0.3) is 0 Å². The molecule has 1 fully saturated rings. The van der Waals surface area contributed by atoms with E-state index in [-0.39, 0.29) is 5.91 Å². The molecule has 1 aromatic rings. The van der Waals surface area contributed by atoms with Crippen molar-refractivity contribution in [2.45, 2.75) is 39.8 Å². The molecular formula is C14H23N5O. The maximum Gasteiger partial charge on any atom is 0.240 e. The Labute approximate surface area is 120 Å². The molecule has 20 heavy (non-hydrogen) atoms. The van der Waals surface area contributed by atoms with E-state index in [2.05, 4.69) is 25.5 Å². The first-order valence-electron chi connectivity index (χ1n) is 7.05. The molecule has 0 aliphatic carbocycles. The maximum absolute atomic E-state index is 11.9. The van der Waals surface area contributed by atoms with Crippen LogP contribution in [0, 0.1) is 6.92 Å². The average molecular weight is 277 g/mol. The van der Waals surface area contributed by atoms with Gasteiger partial charge >= 0.3 is 0 Å². The summed E-state index contributed by atoms with van der Waals surface area (Å²) in [5.41, 5.74) is 0.411. The Morgan fingerprint density at radius 2 is 2.20 bits per heavy atom. The van der Waals surface area contributed by atoms with Crippen LogP contribution in [0.4, 0.5) is 5.82 Å². The molecule has 0 aromatic carbocycles. The molecule has 0 bridgehead atoms. The minimum atomic E-state index is -0.524. The average Bonchev–Trinajstić information content (AvgIpc) is 2.35. The van der Waals surface area contributed by atoms with Crippen molar-refractivity contribution in [3.63, 3.8) is 0 Å². The quantitative estimate of drug-likeness (QED) is 0.856. The topological polar surface area (TPSA) is 70.2 Å². The van der Waals surface area contributed by atoms with E-state index >= 15 is 0 Å². The number of rotatable bonds is 4. The smallest absolute Gasteiger partial charge is 0.240 e. The van der Waals surface area contributed by atoms with Crippen molar-refractivity contribution in [1.29, 1.82) is 0 Å². The van der Waals surface area contributed by atoms with Crippen molar-refractivity contribution in [3.8, 4) is 0 Å². The summed E-state index contributed by atoms with van der Waals surface area (Å²) in [5, 5.41) is 6.10. The van der Waals surface area contributed by atoms with E-state index in [4.69, 9.17) is 0 Å². The summed E-state index contributed by atoms with van der Waals surface area (Å²) in [6.45, 7) is 10.8. The molecule has 0 saturated carbocycles. The number of amides is 1. The second-order valence-electron chi connectivity index (χ2n) is 5.58. The van der Waals surface area contributed by atoms with Gasteiger partial charge in [0.2, 0.25) is 5.91 Å². The monoisotopic (exact) mass is 277 g/mol. The third-order valence-electron chi connectivity index (χ3n) is 3.60. The van der Waals surface area contributed by atoms with E-state index in [0.717, 1.165) is 30.4 Å². The largest absolute Gasteiger partial charge is 0.370 e. The minimum absolute atomic E-state index is 0.0586. The number of nitrogens with zero attached hydrogens (tertiary/aromatic N) is 3. The predicted octanol–water partition coefficient (Wildman–Crippen LogP) is 0.927. The molecule has 1 aromatic heterocycles. The van der Waals surface area contributed by atoms with Crippen LogP contribution >= 0.6 is 0 Å². The molecule has 0 unspecified atom stereocenters. The van der Waals surface area contributed by atoms with Gasteiger partial charge in [0.1, 0.15) is 11.6 Å². The maximum atomic E-state index is 11.9. The Morgan fingerprint density at radius 1 is 1.45 bits per heavy atom. The van der Waals surface area contributed by atoms with Gasteiger partial charge in [0, 0.05) is 31.4 Å². The molecule has 1 amide bonds. The molecule has 0 spiro atoms. The molecule has 0 atom stereocenters. The Morgan fingerprint density at radius 3 is 2.90 bits per heavy atom. The molecule has 110 valence electrons. The molecule has 1 saturated heterocycles. The van der Waals surface area contributed by atoms with Gasteiger partial charge in [-0.1, -0.05) is 0 Å². The third-order valence-corrected chi connectivity index (χ3v) is 3.60. The summed E-state index contributed by atoms with van der Waals surface area (Å²) < 4.78 is 0. The Kier molecular flexibility index (Phi) is 4.23. The van der Waals surface area contributed by atoms with E-state index in [9.17, 15) is 4.79 Å². The molecule has 6 heteroatoms. The minimum Gasteiger partial charge on any atom is -0.370 e. The Balaban J connectivity index is 2.18. The first kappa shape index (κ1) is 14.7. The highest BCUT2D eigenvalue weighted by molar-refractivity contribution is 5.86. The fraction of sp³-hybridized carbons (Fsp3) is 0.643. The summed E-state index contributed by atoms with van der Waals surface area (Å²) >= 11 is 0. The van der Waals surface area contributed by atoms with E-state index in [1.54, 1.807) is 0 Å². The number of anilines is 1. The number of aryl methyl sites for hydroxylation is 1. The van der Waals surface area contributed by atoms with Crippen molar-refractivity contribution in [1.82, 2.24) is 20.2 Å². The molecule has 2 N–H and O–H groups in total. The van der Waals surface area contributed by atoms with Crippen molar-refractivity contribution < 1.29 is 4.79 Å². The second kappa shape index (κ2) is 5.75. The van der Waals surface area contributed by atoms with E-state index < -0.39 is 5.54 Å². The Hall–Kier alpha value is -1.69. The third kappa shape index (κ3) is 3.07. The van der Waals surface area contributed by atoms with Gasteiger partial charge in [-0.3, -0.25) is 9.69 Å². The zero-order chi connectivity index (χ0) is 14.8. The number of carbonyl (C=O) groups excluding carboxylic acids is 1. The molecule has 1 aliphatic rings. The zero-order valence-corrected chi connectivity index (χ0v) is 12.7. The van der Waals surface area contributed by atoms with Gasteiger partial charge in [-0.25, -0.2) is 9.97 Å². The highest BCUT2D eigenvalue weighted by Gasteiger charge is 2.37. The number of hydrogen-bond donors (Lipinski definition) is 2. The summed E-state index contributed by atoms with van der Waals surface area (Å²) in [6.07, 6.45) is 0. The van der Waals surface area contributed by atoms with Crippen molar-refractivity contribution in [2.24, 2.45) is 0 Å². The number of aromatic nitrogens is 2. The van der Waals surface area contributed by atoms with Gasteiger partial charge in [0.25, 0.3) is 0 Å². The standard InChI is InChI=1S/C14H23N5O/c1-5-15-11-8-10(2)17-12(18-11)9-19-7-6-16-13(20)14(19,3)4/h8H,5-7,9H2,1-4H3,(H,16,20)(H,15,17,18). The van der Waals surface area contributed by atoms with Gasteiger partial charge < -0.3 is 10.6 Å². The van der Waals surface area contributed by atoms with Crippen LogP contribution in [-0.2, 0) is 11.3 Å². The van der Waals surface area contributed by atoms with Gasteiger partial charge in [0.05, 0.1) is 12.1 Å². The molecule has 0 radical (unpaired) electrons. The van der Waals surface area contributed by atoms with Crippen LogP contribution in [0.5, 0.6) is 0 Å². The SMILES string of the molecule is CCNc1cc(C)nc(CN2CCNC(=O)C2(C)C)n1. The highest BCUT2D eigenvalue weighted by atomic mass is 16.2. The zero-order valence-electron chi connectivity index (χ0n) is 12.7. The van der Waals surface area contributed by atoms with Crippen LogP contribution in [0.15, 0.2) is 6.07 Å². The van der Waals surface area contributed by atoms with Crippen LogP contribution in [-0.4, -0.2) is 45.9 Å². The predicted molar refractivity (Wildman–Crippen MR) is 78.4 cm³/mol. The first-order chi connectivity index (χ1) is 9.43. The van der Waals surface area contributed by atoms with Gasteiger partial charge in [0.15, 0.2) is 0 Å². The second-order valence-corrected chi connectivity index (χ2v) is 5.58. The van der Waals surface area contributed by atoms with Gasteiger partial charge in [-0.05, 0) is 27.7 Å². The van der Waals surface area contributed by atoms with Crippen molar-refractivity contribution >= 4 is 11.7 Å². The summed E-state index contributed by atoms with van der Waals surface area (Å²) in [4.78, 5) is 23.1. The number of nitrogens with one attached hydrogen (secondary N) is 2. The van der Waals surface area contributed by atoms with Crippen LogP contribution in [0.2, 0.25) is 0 Å². The van der Waals surface area contributed by atoms with Crippen molar-refractivity contribution in [2.75, 3.05) is 25.0 Å². The molecule has 2 heterocycles. The van der Waals surface area contributed by atoms with E-state index in [1.165, 1.54) is 0 Å². The normalized spacial score (nSPS) is 18.7. The highest BCUT2D eigenvalue weighted by Crippen LogP contribution is 2.20. The number of carbonyl (C=O) groups is 1. The van der Waals surface area contributed by atoms with Gasteiger partial charge in [-0.15, -0.1) is 0 Å². The van der Waals surface area contributed by atoms with Crippen LogP contribution in [0.1, 0.15) is 32.3 Å². The summed E-state index contributed by atoms with van der Waals surface area (Å²) in [7, 11) is 0.